The third kappa shape index (κ3) is 5.57. The van der Waals surface area contributed by atoms with Crippen molar-refractivity contribution < 1.29 is 18.7 Å². The van der Waals surface area contributed by atoms with Gasteiger partial charge in [0, 0.05) is 5.69 Å². The molecule has 0 aliphatic rings. The second-order valence-electron chi connectivity index (χ2n) is 6.00. The van der Waals surface area contributed by atoms with E-state index in [0.29, 0.717) is 23.8 Å². The van der Waals surface area contributed by atoms with Crippen molar-refractivity contribution in [1.82, 2.24) is 0 Å². The lowest BCUT2D eigenvalue weighted by molar-refractivity contribution is -0.122. The molecule has 0 aliphatic carbocycles. The maximum atomic E-state index is 12.9. The summed E-state index contributed by atoms with van der Waals surface area (Å²) in [6.07, 6.45) is -0.718. The molecule has 1 N–H and O–H groups in total. The lowest BCUT2D eigenvalue weighted by atomic mass is 10.2. The normalized spacial score (nSPS) is 11.5. The quantitative estimate of drug-likeness (QED) is 0.654. The summed E-state index contributed by atoms with van der Waals surface area (Å²) in [5.41, 5.74) is 1.73. The van der Waals surface area contributed by atoms with E-state index in [1.165, 1.54) is 24.3 Å². The van der Waals surface area contributed by atoms with Crippen LogP contribution >= 0.6 is 0 Å². The number of benzene rings is 3. The molecule has 27 heavy (non-hydrogen) atoms. The summed E-state index contributed by atoms with van der Waals surface area (Å²) in [5.74, 6) is 0.502. The molecule has 0 unspecified atom stereocenters. The summed E-state index contributed by atoms with van der Waals surface area (Å²) < 4.78 is 24.1. The van der Waals surface area contributed by atoms with Crippen LogP contribution < -0.4 is 14.8 Å². The summed E-state index contributed by atoms with van der Waals surface area (Å²) >= 11 is 0. The molecule has 0 aromatic heterocycles. The van der Waals surface area contributed by atoms with E-state index >= 15 is 0 Å². The lowest BCUT2D eigenvalue weighted by Gasteiger charge is -2.15. The molecule has 1 atom stereocenters. The third-order valence-electron chi connectivity index (χ3n) is 3.87. The molecular weight excluding hydrogens is 345 g/mol. The minimum absolute atomic E-state index is 0.294. The average Bonchev–Trinajstić information content (AvgIpc) is 2.70. The Morgan fingerprint density at radius 1 is 0.926 bits per heavy atom. The summed E-state index contributed by atoms with van der Waals surface area (Å²) in [5, 5.41) is 2.78. The van der Waals surface area contributed by atoms with Gasteiger partial charge in [-0.2, -0.15) is 0 Å². The first-order chi connectivity index (χ1) is 13.1. The van der Waals surface area contributed by atoms with Gasteiger partial charge in [-0.15, -0.1) is 0 Å². The Hall–Kier alpha value is -3.34. The van der Waals surface area contributed by atoms with E-state index in [9.17, 15) is 9.18 Å². The van der Waals surface area contributed by atoms with Gasteiger partial charge < -0.3 is 14.8 Å². The zero-order valence-corrected chi connectivity index (χ0v) is 14.9. The van der Waals surface area contributed by atoms with E-state index in [1.54, 1.807) is 31.2 Å². The van der Waals surface area contributed by atoms with Gasteiger partial charge in [-0.25, -0.2) is 4.39 Å². The van der Waals surface area contributed by atoms with Crippen LogP contribution in [0.4, 0.5) is 10.1 Å². The summed E-state index contributed by atoms with van der Waals surface area (Å²) in [6.45, 7) is 2.12. The van der Waals surface area contributed by atoms with Crippen molar-refractivity contribution in [2.75, 3.05) is 5.32 Å². The molecule has 1 amide bonds. The number of carbonyl (C=O) groups excluding carboxylic acids is 1. The minimum atomic E-state index is -0.718. The molecule has 3 aromatic rings. The Balaban J connectivity index is 1.51. The van der Waals surface area contributed by atoms with Crippen LogP contribution in [0.5, 0.6) is 11.5 Å². The molecule has 0 saturated carbocycles. The van der Waals surface area contributed by atoms with Crippen LogP contribution in [0.1, 0.15) is 12.5 Å². The predicted octanol–water partition coefficient (Wildman–Crippen LogP) is 4.81. The zero-order chi connectivity index (χ0) is 19.1. The van der Waals surface area contributed by atoms with Crippen LogP contribution in [0.15, 0.2) is 78.9 Å². The summed E-state index contributed by atoms with van der Waals surface area (Å²) in [4.78, 5) is 12.2. The zero-order valence-electron chi connectivity index (χ0n) is 14.9. The van der Waals surface area contributed by atoms with Crippen molar-refractivity contribution in [3.05, 3.63) is 90.2 Å². The minimum Gasteiger partial charge on any atom is -0.489 e. The maximum Gasteiger partial charge on any atom is 0.265 e. The second-order valence-corrected chi connectivity index (χ2v) is 6.00. The van der Waals surface area contributed by atoms with Crippen LogP contribution in [0.2, 0.25) is 0 Å². The number of hydrogen-bond donors (Lipinski definition) is 1. The lowest BCUT2D eigenvalue weighted by Crippen LogP contribution is -2.30. The summed E-state index contributed by atoms with van der Waals surface area (Å²) in [7, 11) is 0. The SMILES string of the molecule is C[C@H](Oc1ccc(F)cc1)C(=O)Nc1ccc(OCc2ccccc2)cc1. The molecule has 3 aromatic carbocycles. The van der Waals surface area contributed by atoms with Gasteiger partial charge in [0.25, 0.3) is 5.91 Å². The first kappa shape index (κ1) is 18.5. The van der Waals surface area contributed by atoms with Gasteiger partial charge in [0.2, 0.25) is 0 Å². The highest BCUT2D eigenvalue weighted by molar-refractivity contribution is 5.94. The molecular formula is C22H20FNO3. The van der Waals surface area contributed by atoms with Crippen LogP contribution in [0.3, 0.4) is 0 Å². The molecule has 0 heterocycles. The number of carbonyl (C=O) groups is 1. The molecule has 4 nitrogen and oxygen atoms in total. The van der Waals surface area contributed by atoms with Gasteiger partial charge in [0.15, 0.2) is 6.10 Å². The number of amides is 1. The maximum absolute atomic E-state index is 12.9. The highest BCUT2D eigenvalue weighted by Crippen LogP contribution is 2.18. The molecule has 5 heteroatoms. The fourth-order valence-corrected chi connectivity index (χ4v) is 2.39. The smallest absolute Gasteiger partial charge is 0.265 e. The molecule has 0 aliphatic heterocycles. The van der Waals surface area contributed by atoms with Crippen LogP contribution in [0.25, 0.3) is 0 Å². The van der Waals surface area contributed by atoms with Crippen LogP contribution in [0, 0.1) is 5.82 Å². The van der Waals surface area contributed by atoms with E-state index in [0.717, 1.165) is 5.56 Å². The van der Waals surface area contributed by atoms with Crippen molar-refractivity contribution in [1.29, 1.82) is 0 Å². The van der Waals surface area contributed by atoms with E-state index in [-0.39, 0.29) is 11.7 Å². The van der Waals surface area contributed by atoms with Gasteiger partial charge in [0.05, 0.1) is 0 Å². The van der Waals surface area contributed by atoms with E-state index in [4.69, 9.17) is 9.47 Å². The Kier molecular flexibility index (Phi) is 6.05. The molecule has 0 bridgehead atoms. The van der Waals surface area contributed by atoms with Crippen molar-refractivity contribution in [3.63, 3.8) is 0 Å². The average molecular weight is 365 g/mol. The van der Waals surface area contributed by atoms with Crippen LogP contribution in [-0.4, -0.2) is 12.0 Å². The summed E-state index contributed by atoms with van der Waals surface area (Å²) in [6, 6.07) is 22.5. The van der Waals surface area contributed by atoms with Crippen molar-refractivity contribution in [2.45, 2.75) is 19.6 Å². The highest BCUT2D eigenvalue weighted by Gasteiger charge is 2.15. The Morgan fingerprint density at radius 2 is 1.56 bits per heavy atom. The van der Waals surface area contributed by atoms with E-state index < -0.39 is 6.10 Å². The van der Waals surface area contributed by atoms with Gasteiger partial charge in [-0.1, -0.05) is 30.3 Å². The number of rotatable bonds is 7. The molecule has 138 valence electrons. The predicted molar refractivity (Wildman–Crippen MR) is 102 cm³/mol. The number of nitrogens with one attached hydrogen (secondary N) is 1. The Labute approximate surface area is 157 Å². The molecule has 0 spiro atoms. The molecule has 3 rings (SSSR count). The van der Waals surface area contributed by atoms with Gasteiger partial charge in [0.1, 0.15) is 23.9 Å². The first-order valence-electron chi connectivity index (χ1n) is 8.60. The second kappa shape index (κ2) is 8.85. The fourth-order valence-electron chi connectivity index (χ4n) is 2.39. The molecule has 0 saturated heterocycles. The topological polar surface area (TPSA) is 47.6 Å². The van der Waals surface area contributed by atoms with Gasteiger partial charge in [-0.3, -0.25) is 4.79 Å². The number of halogens is 1. The number of anilines is 1. The van der Waals surface area contributed by atoms with E-state index in [1.807, 2.05) is 30.3 Å². The van der Waals surface area contributed by atoms with Crippen molar-refractivity contribution in [2.24, 2.45) is 0 Å². The Bertz CT molecular complexity index is 864. The van der Waals surface area contributed by atoms with Crippen molar-refractivity contribution in [3.8, 4) is 11.5 Å². The third-order valence-corrected chi connectivity index (χ3v) is 3.87. The highest BCUT2D eigenvalue weighted by atomic mass is 19.1. The number of ether oxygens (including phenoxy) is 2. The Morgan fingerprint density at radius 3 is 2.22 bits per heavy atom. The fraction of sp³-hybridized carbons (Fsp3) is 0.136. The van der Waals surface area contributed by atoms with Crippen molar-refractivity contribution >= 4 is 11.6 Å². The van der Waals surface area contributed by atoms with E-state index in [2.05, 4.69) is 5.32 Å². The first-order valence-corrected chi connectivity index (χ1v) is 8.60. The van der Waals surface area contributed by atoms with Crippen LogP contribution in [-0.2, 0) is 11.4 Å². The molecule has 0 fully saturated rings. The number of hydrogen-bond acceptors (Lipinski definition) is 3. The largest absolute Gasteiger partial charge is 0.489 e. The standard InChI is InChI=1S/C22H20FNO3/c1-16(27-21-11-7-18(23)8-12-21)22(25)24-19-9-13-20(14-10-19)26-15-17-5-3-2-4-6-17/h2-14,16H,15H2,1H3,(H,24,25)/t16-/m0/s1. The van der Waals surface area contributed by atoms with Gasteiger partial charge >= 0.3 is 0 Å². The monoisotopic (exact) mass is 365 g/mol. The molecule has 0 radical (unpaired) electrons. The van der Waals surface area contributed by atoms with Gasteiger partial charge in [-0.05, 0) is 61.0 Å².